The second-order valence-corrected chi connectivity index (χ2v) is 3.81. The van der Waals surface area contributed by atoms with E-state index in [-0.39, 0.29) is 17.6 Å². The fourth-order valence-electron chi connectivity index (χ4n) is 1.29. The van der Waals surface area contributed by atoms with Crippen LogP contribution in [0.15, 0.2) is 30.3 Å². The smallest absolute Gasteiger partial charge is 0.276 e. The van der Waals surface area contributed by atoms with Crippen LogP contribution in [0.5, 0.6) is 0 Å². The number of benzene rings is 1. The van der Waals surface area contributed by atoms with Gasteiger partial charge in [0, 0.05) is 18.2 Å². The molecule has 0 unspecified atom stereocenters. The van der Waals surface area contributed by atoms with E-state index in [1.807, 2.05) is 13.8 Å². The maximum Gasteiger partial charge on any atom is 0.276 e. The van der Waals surface area contributed by atoms with Crippen LogP contribution in [0.4, 0.5) is 5.69 Å². The summed E-state index contributed by atoms with van der Waals surface area (Å²) < 4.78 is 0. The van der Waals surface area contributed by atoms with Crippen molar-refractivity contribution in [2.75, 3.05) is 0 Å². The first-order valence-electron chi connectivity index (χ1n) is 5.22. The number of hydrogen-bond donors (Lipinski definition) is 1. The molecule has 1 N–H and O–H groups in total. The Morgan fingerprint density at radius 3 is 2.65 bits per heavy atom. The third kappa shape index (κ3) is 4.06. The number of carbonyl (C=O) groups is 1. The van der Waals surface area contributed by atoms with Gasteiger partial charge in [-0.15, -0.1) is 0 Å². The molecule has 5 nitrogen and oxygen atoms in total. The first-order valence-corrected chi connectivity index (χ1v) is 5.22. The highest BCUT2D eigenvalue weighted by atomic mass is 16.6. The molecule has 1 aromatic rings. The van der Waals surface area contributed by atoms with Crippen LogP contribution in [0.2, 0.25) is 0 Å². The molecule has 5 heteroatoms. The maximum atomic E-state index is 11.3. The molecular formula is C12H14N2O3. The minimum atomic E-state index is -0.472. The average molecular weight is 234 g/mol. The zero-order valence-electron chi connectivity index (χ0n) is 9.71. The largest absolute Gasteiger partial charge is 0.350 e. The second kappa shape index (κ2) is 5.79. The first-order chi connectivity index (χ1) is 8.00. The Hall–Kier alpha value is -2.17. The van der Waals surface area contributed by atoms with E-state index in [4.69, 9.17) is 0 Å². The van der Waals surface area contributed by atoms with Crippen LogP contribution in [0.1, 0.15) is 19.4 Å². The predicted octanol–water partition coefficient (Wildman–Crippen LogP) is 2.13. The normalized spacial score (nSPS) is 10.8. The Morgan fingerprint density at radius 2 is 2.06 bits per heavy atom. The summed E-state index contributed by atoms with van der Waals surface area (Å²) in [5.74, 6) is -0.266. The van der Waals surface area contributed by atoms with E-state index in [9.17, 15) is 14.9 Å². The fraction of sp³-hybridized carbons (Fsp3) is 0.250. The van der Waals surface area contributed by atoms with Gasteiger partial charge in [0.15, 0.2) is 0 Å². The highest BCUT2D eigenvalue weighted by Gasteiger charge is 2.09. The SMILES string of the molecule is CC(C)NC(=O)C=Cc1ccccc1[N+](=O)[O-]. The summed E-state index contributed by atoms with van der Waals surface area (Å²) in [6, 6.07) is 6.31. The summed E-state index contributed by atoms with van der Waals surface area (Å²) in [5, 5.41) is 13.4. The van der Waals surface area contributed by atoms with Crippen molar-refractivity contribution in [2.45, 2.75) is 19.9 Å². The van der Waals surface area contributed by atoms with E-state index in [0.717, 1.165) is 0 Å². The molecule has 0 spiro atoms. The molecule has 0 aliphatic rings. The molecule has 0 saturated carbocycles. The van der Waals surface area contributed by atoms with Gasteiger partial charge in [-0.1, -0.05) is 12.1 Å². The second-order valence-electron chi connectivity index (χ2n) is 3.81. The summed E-state index contributed by atoms with van der Waals surface area (Å²) >= 11 is 0. The molecular weight excluding hydrogens is 220 g/mol. The molecule has 90 valence electrons. The predicted molar refractivity (Wildman–Crippen MR) is 65.4 cm³/mol. The van der Waals surface area contributed by atoms with E-state index in [1.165, 1.54) is 18.2 Å². The van der Waals surface area contributed by atoms with Crippen molar-refractivity contribution in [3.05, 3.63) is 46.0 Å². The maximum absolute atomic E-state index is 11.3. The summed E-state index contributed by atoms with van der Waals surface area (Å²) in [4.78, 5) is 21.6. The zero-order chi connectivity index (χ0) is 12.8. The summed E-state index contributed by atoms with van der Waals surface area (Å²) in [6.07, 6.45) is 2.73. The molecule has 1 aromatic carbocycles. The zero-order valence-corrected chi connectivity index (χ0v) is 9.71. The van der Waals surface area contributed by atoms with Crippen molar-refractivity contribution < 1.29 is 9.72 Å². The summed E-state index contributed by atoms with van der Waals surface area (Å²) in [5.41, 5.74) is 0.400. The molecule has 0 heterocycles. The van der Waals surface area contributed by atoms with Crippen LogP contribution in [0.3, 0.4) is 0 Å². The Kier molecular flexibility index (Phi) is 4.39. The van der Waals surface area contributed by atoms with Gasteiger partial charge in [-0.05, 0) is 26.0 Å². The number of hydrogen-bond acceptors (Lipinski definition) is 3. The van der Waals surface area contributed by atoms with E-state index < -0.39 is 4.92 Å². The van der Waals surface area contributed by atoms with Crippen LogP contribution in [0, 0.1) is 10.1 Å². The Labute approximate surface area is 99.3 Å². The lowest BCUT2D eigenvalue weighted by Gasteiger charge is -2.04. The molecule has 0 radical (unpaired) electrons. The van der Waals surface area contributed by atoms with E-state index in [0.29, 0.717) is 5.56 Å². The standard InChI is InChI=1S/C12H14N2O3/c1-9(2)13-12(15)8-7-10-5-3-4-6-11(10)14(16)17/h3-9H,1-2H3,(H,13,15). The lowest BCUT2D eigenvalue weighted by molar-refractivity contribution is -0.385. The number of nitrogens with zero attached hydrogens (tertiary/aromatic N) is 1. The van der Waals surface area contributed by atoms with Crippen molar-refractivity contribution in [2.24, 2.45) is 0 Å². The van der Waals surface area contributed by atoms with Gasteiger partial charge >= 0.3 is 0 Å². The van der Waals surface area contributed by atoms with Crippen LogP contribution in [-0.4, -0.2) is 16.9 Å². The quantitative estimate of drug-likeness (QED) is 0.492. The van der Waals surface area contributed by atoms with Gasteiger partial charge in [-0.25, -0.2) is 0 Å². The Balaban J connectivity index is 2.84. The number of nitrogens with one attached hydrogen (secondary N) is 1. The molecule has 0 aliphatic heterocycles. The lowest BCUT2D eigenvalue weighted by atomic mass is 10.1. The molecule has 0 aromatic heterocycles. The Morgan fingerprint density at radius 1 is 1.41 bits per heavy atom. The van der Waals surface area contributed by atoms with Crippen molar-refractivity contribution >= 4 is 17.7 Å². The highest BCUT2D eigenvalue weighted by molar-refractivity contribution is 5.92. The van der Waals surface area contributed by atoms with Crippen molar-refractivity contribution in [3.63, 3.8) is 0 Å². The van der Waals surface area contributed by atoms with Gasteiger partial charge in [0.05, 0.1) is 10.5 Å². The van der Waals surface area contributed by atoms with E-state index >= 15 is 0 Å². The van der Waals surface area contributed by atoms with Crippen molar-refractivity contribution in [3.8, 4) is 0 Å². The number of rotatable bonds is 4. The van der Waals surface area contributed by atoms with Crippen LogP contribution < -0.4 is 5.32 Å². The van der Waals surface area contributed by atoms with Gasteiger partial charge in [0.1, 0.15) is 0 Å². The van der Waals surface area contributed by atoms with Crippen LogP contribution >= 0.6 is 0 Å². The lowest BCUT2D eigenvalue weighted by Crippen LogP contribution is -2.28. The number of amides is 1. The molecule has 1 rings (SSSR count). The molecule has 1 amide bonds. The van der Waals surface area contributed by atoms with E-state index in [1.54, 1.807) is 18.2 Å². The molecule has 0 saturated heterocycles. The van der Waals surface area contributed by atoms with Crippen molar-refractivity contribution in [1.29, 1.82) is 0 Å². The first kappa shape index (κ1) is 12.9. The van der Waals surface area contributed by atoms with Gasteiger partial charge in [-0.3, -0.25) is 14.9 Å². The monoisotopic (exact) mass is 234 g/mol. The van der Waals surface area contributed by atoms with Gasteiger partial charge in [-0.2, -0.15) is 0 Å². The molecule has 0 bridgehead atoms. The van der Waals surface area contributed by atoms with Crippen LogP contribution in [-0.2, 0) is 4.79 Å². The summed E-state index contributed by atoms with van der Waals surface area (Å²) in [6.45, 7) is 3.69. The molecule has 0 fully saturated rings. The third-order valence-corrected chi connectivity index (χ3v) is 1.98. The molecule has 0 atom stereocenters. The van der Waals surface area contributed by atoms with Gasteiger partial charge in [0.25, 0.3) is 5.69 Å². The van der Waals surface area contributed by atoms with Crippen LogP contribution in [0.25, 0.3) is 6.08 Å². The minimum Gasteiger partial charge on any atom is -0.350 e. The Bertz CT molecular complexity index is 453. The number of nitro groups is 1. The fourth-order valence-corrected chi connectivity index (χ4v) is 1.29. The third-order valence-electron chi connectivity index (χ3n) is 1.98. The average Bonchev–Trinajstić information content (AvgIpc) is 2.25. The highest BCUT2D eigenvalue weighted by Crippen LogP contribution is 2.18. The minimum absolute atomic E-state index is 0.0129. The summed E-state index contributed by atoms with van der Waals surface area (Å²) in [7, 11) is 0. The molecule has 17 heavy (non-hydrogen) atoms. The number of carbonyl (C=O) groups excluding carboxylic acids is 1. The molecule has 0 aliphatic carbocycles. The number of nitro benzene ring substituents is 1. The van der Waals surface area contributed by atoms with Crippen molar-refractivity contribution in [1.82, 2.24) is 5.32 Å². The topological polar surface area (TPSA) is 72.2 Å². The van der Waals surface area contributed by atoms with E-state index in [2.05, 4.69) is 5.32 Å². The van der Waals surface area contributed by atoms with Gasteiger partial charge in [0.2, 0.25) is 5.91 Å². The van der Waals surface area contributed by atoms with Gasteiger partial charge < -0.3 is 5.32 Å². The number of para-hydroxylation sites is 1.